The third kappa shape index (κ3) is 1.31. The molecule has 0 unspecified atom stereocenters. The lowest BCUT2D eigenvalue weighted by atomic mass is 9.96. The van der Waals surface area contributed by atoms with Gasteiger partial charge in [-0.25, -0.2) is 4.79 Å². The van der Waals surface area contributed by atoms with E-state index in [2.05, 4.69) is 6.58 Å². The summed E-state index contributed by atoms with van der Waals surface area (Å²) in [7, 11) is 0. The van der Waals surface area contributed by atoms with E-state index in [4.69, 9.17) is 4.74 Å². The highest BCUT2D eigenvalue weighted by atomic mass is 16.6. The van der Waals surface area contributed by atoms with Crippen LogP contribution in [0, 0.1) is 0 Å². The number of ether oxygens (including phenoxy) is 1. The van der Waals surface area contributed by atoms with Crippen LogP contribution in [0.3, 0.4) is 0 Å². The molecule has 1 saturated heterocycles. The van der Waals surface area contributed by atoms with Crippen molar-refractivity contribution in [2.45, 2.75) is 32.1 Å². The van der Waals surface area contributed by atoms with Crippen molar-refractivity contribution in [2.24, 2.45) is 0 Å². The second kappa shape index (κ2) is 2.73. The number of nitrogens with zero attached hydrogens (tertiary/aromatic N) is 1. The van der Waals surface area contributed by atoms with E-state index in [1.54, 1.807) is 26.8 Å². The van der Waals surface area contributed by atoms with E-state index in [9.17, 15) is 9.90 Å². The van der Waals surface area contributed by atoms with Crippen LogP contribution in [-0.4, -0.2) is 34.0 Å². The molecule has 1 heterocycles. The van der Waals surface area contributed by atoms with E-state index in [1.165, 1.54) is 4.90 Å². The number of carbonyl (C=O) groups is 1. The summed E-state index contributed by atoms with van der Waals surface area (Å²) in [6.45, 7) is 8.70. The van der Waals surface area contributed by atoms with Crippen molar-refractivity contribution in [3.63, 3.8) is 0 Å². The van der Waals surface area contributed by atoms with E-state index < -0.39 is 17.4 Å². The minimum absolute atomic E-state index is 0.287. The molecule has 74 valence electrons. The first kappa shape index (κ1) is 10.1. The minimum atomic E-state index is -1.28. The summed E-state index contributed by atoms with van der Waals surface area (Å²) >= 11 is 0. The van der Waals surface area contributed by atoms with Gasteiger partial charge in [0.2, 0.25) is 0 Å². The van der Waals surface area contributed by atoms with Gasteiger partial charge < -0.3 is 9.84 Å². The third-order valence-corrected chi connectivity index (χ3v) is 2.54. The molecule has 4 heteroatoms. The number of amides is 1. The average Bonchev–Trinajstić information content (AvgIpc) is 2.10. The van der Waals surface area contributed by atoms with Gasteiger partial charge in [0.25, 0.3) is 0 Å². The van der Waals surface area contributed by atoms with Gasteiger partial charge in [-0.1, -0.05) is 6.08 Å². The van der Waals surface area contributed by atoms with Crippen molar-refractivity contribution >= 4 is 6.09 Å². The van der Waals surface area contributed by atoms with Crippen molar-refractivity contribution in [2.75, 3.05) is 6.54 Å². The molecule has 0 spiro atoms. The van der Waals surface area contributed by atoms with Gasteiger partial charge >= 0.3 is 6.09 Å². The van der Waals surface area contributed by atoms with Crippen LogP contribution in [0.5, 0.6) is 0 Å². The molecule has 1 aliphatic heterocycles. The van der Waals surface area contributed by atoms with E-state index >= 15 is 0 Å². The second-order valence-corrected chi connectivity index (χ2v) is 3.80. The van der Waals surface area contributed by atoms with Gasteiger partial charge in [0.1, 0.15) is 0 Å². The highest BCUT2D eigenvalue weighted by molar-refractivity contribution is 5.72. The fourth-order valence-corrected chi connectivity index (χ4v) is 1.25. The standard InChI is InChI=1S/C9H15NO3/c1-5-6-10-7(11)13-8(2,3)9(10,4)12/h5,12H,1,6H2,2-4H3/t9-/m1/s1. The fraction of sp³-hybridized carbons (Fsp3) is 0.667. The quantitative estimate of drug-likeness (QED) is 0.656. The van der Waals surface area contributed by atoms with Gasteiger partial charge in [-0.2, -0.15) is 0 Å². The number of cyclic esters (lactones) is 1. The molecule has 0 aromatic rings. The Morgan fingerprint density at radius 3 is 2.46 bits per heavy atom. The van der Waals surface area contributed by atoms with Crippen LogP contribution in [0.4, 0.5) is 4.79 Å². The predicted octanol–water partition coefficient (Wildman–Crippen LogP) is 1.11. The number of carbonyl (C=O) groups excluding carboxylic acids is 1. The second-order valence-electron chi connectivity index (χ2n) is 3.80. The number of rotatable bonds is 2. The molecule has 0 aliphatic carbocycles. The molecule has 4 nitrogen and oxygen atoms in total. The van der Waals surface area contributed by atoms with Crippen molar-refractivity contribution in [3.05, 3.63) is 12.7 Å². The lowest BCUT2D eigenvalue weighted by molar-refractivity contribution is -0.124. The molecular weight excluding hydrogens is 170 g/mol. The zero-order valence-electron chi connectivity index (χ0n) is 8.20. The molecule has 1 aliphatic rings. The summed E-state index contributed by atoms with van der Waals surface area (Å²) in [5.74, 6) is 0. The zero-order valence-corrected chi connectivity index (χ0v) is 8.20. The van der Waals surface area contributed by atoms with Gasteiger partial charge in [0.05, 0.1) is 0 Å². The fourth-order valence-electron chi connectivity index (χ4n) is 1.25. The molecule has 0 radical (unpaired) electrons. The van der Waals surface area contributed by atoms with Crippen LogP contribution in [0.25, 0.3) is 0 Å². The Morgan fingerprint density at radius 1 is 1.62 bits per heavy atom. The first-order chi connectivity index (χ1) is 5.83. The number of aliphatic hydroxyl groups is 1. The molecule has 0 aromatic heterocycles. The lowest BCUT2D eigenvalue weighted by Gasteiger charge is -2.34. The van der Waals surface area contributed by atoms with Crippen LogP contribution < -0.4 is 0 Å². The Labute approximate surface area is 77.8 Å². The van der Waals surface area contributed by atoms with Gasteiger partial charge in [-0.3, -0.25) is 4.90 Å². The van der Waals surface area contributed by atoms with Crippen LogP contribution in [0.2, 0.25) is 0 Å². The smallest absolute Gasteiger partial charge is 0.413 e. The van der Waals surface area contributed by atoms with Gasteiger partial charge in [-0.15, -0.1) is 6.58 Å². The van der Waals surface area contributed by atoms with E-state index in [0.717, 1.165) is 0 Å². The Hall–Kier alpha value is -1.03. The summed E-state index contributed by atoms with van der Waals surface area (Å²) in [6, 6.07) is 0. The maximum absolute atomic E-state index is 11.3. The van der Waals surface area contributed by atoms with Crippen molar-refractivity contribution < 1.29 is 14.6 Å². The predicted molar refractivity (Wildman–Crippen MR) is 48.1 cm³/mol. The Kier molecular flexibility index (Phi) is 2.11. The lowest BCUT2D eigenvalue weighted by Crippen LogP contribution is -2.53. The van der Waals surface area contributed by atoms with E-state index in [-0.39, 0.29) is 6.54 Å². The van der Waals surface area contributed by atoms with Crippen molar-refractivity contribution in [1.82, 2.24) is 4.90 Å². The van der Waals surface area contributed by atoms with E-state index in [1.807, 2.05) is 0 Å². The van der Waals surface area contributed by atoms with Crippen LogP contribution >= 0.6 is 0 Å². The Bertz CT molecular complexity index is 245. The molecule has 1 N–H and O–H groups in total. The highest BCUT2D eigenvalue weighted by Crippen LogP contribution is 2.36. The number of hydrogen-bond acceptors (Lipinski definition) is 3. The van der Waals surface area contributed by atoms with Gasteiger partial charge in [0.15, 0.2) is 11.3 Å². The van der Waals surface area contributed by atoms with Gasteiger partial charge in [-0.05, 0) is 20.8 Å². The molecule has 0 saturated carbocycles. The summed E-state index contributed by atoms with van der Waals surface area (Å²) in [5.41, 5.74) is -2.16. The Morgan fingerprint density at radius 2 is 2.15 bits per heavy atom. The normalized spacial score (nSPS) is 31.7. The maximum atomic E-state index is 11.3. The topological polar surface area (TPSA) is 49.8 Å². The average molecular weight is 185 g/mol. The zero-order chi connectivity index (χ0) is 10.3. The monoisotopic (exact) mass is 185 g/mol. The molecule has 1 atom stereocenters. The summed E-state index contributed by atoms with van der Waals surface area (Å²) in [6.07, 6.45) is 1.05. The maximum Gasteiger partial charge on any atom is 0.413 e. The van der Waals surface area contributed by atoms with Gasteiger partial charge in [0, 0.05) is 6.54 Å². The molecule has 1 rings (SSSR count). The third-order valence-electron chi connectivity index (χ3n) is 2.54. The molecule has 1 amide bonds. The van der Waals surface area contributed by atoms with Crippen LogP contribution in [0.15, 0.2) is 12.7 Å². The van der Waals surface area contributed by atoms with Crippen molar-refractivity contribution in [3.8, 4) is 0 Å². The molecule has 0 bridgehead atoms. The minimum Gasteiger partial charge on any atom is -0.438 e. The van der Waals surface area contributed by atoms with Crippen LogP contribution in [-0.2, 0) is 4.74 Å². The SMILES string of the molecule is C=CCN1C(=O)OC(C)(C)[C@@]1(C)O. The molecule has 13 heavy (non-hydrogen) atoms. The molecule has 1 fully saturated rings. The molecule has 0 aromatic carbocycles. The summed E-state index contributed by atoms with van der Waals surface area (Å²) < 4.78 is 5.02. The van der Waals surface area contributed by atoms with E-state index in [0.29, 0.717) is 0 Å². The Balaban J connectivity index is 2.98. The first-order valence-corrected chi connectivity index (χ1v) is 4.17. The van der Waals surface area contributed by atoms with Crippen LogP contribution in [0.1, 0.15) is 20.8 Å². The highest BCUT2D eigenvalue weighted by Gasteiger charge is 2.55. The molecular formula is C9H15NO3. The summed E-state index contributed by atoms with van der Waals surface area (Å²) in [4.78, 5) is 12.5. The first-order valence-electron chi connectivity index (χ1n) is 4.17. The van der Waals surface area contributed by atoms with Crippen molar-refractivity contribution in [1.29, 1.82) is 0 Å². The largest absolute Gasteiger partial charge is 0.438 e. The number of hydrogen-bond donors (Lipinski definition) is 1. The summed E-state index contributed by atoms with van der Waals surface area (Å²) in [5, 5.41) is 10.0.